The first-order valence-corrected chi connectivity index (χ1v) is 16.0. The summed E-state index contributed by atoms with van der Waals surface area (Å²) in [5, 5.41) is 11.2. The van der Waals surface area contributed by atoms with Crippen LogP contribution in [0.15, 0.2) is 59.5 Å². The first-order chi connectivity index (χ1) is 17.8. The van der Waals surface area contributed by atoms with E-state index in [1.54, 1.807) is 12.1 Å². The van der Waals surface area contributed by atoms with Gasteiger partial charge in [0, 0.05) is 17.9 Å². The van der Waals surface area contributed by atoms with Crippen LogP contribution >= 0.6 is 30.3 Å². The smallest absolute Gasteiger partial charge is 0.366 e. The SMILES string of the molecule is CC(C)Oc1cc(Oc2ccc(S(C)(=O)=O)cc2)cc(C(=O)Nc2nnc(-c3ccc(P(=O)(O)O)s3)s2)c1. The molecule has 3 N–H and O–H groups in total. The number of sulfone groups is 1. The molecule has 0 unspecified atom stereocenters. The topological polar surface area (TPSA) is 165 Å². The van der Waals surface area contributed by atoms with E-state index in [-0.39, 0.29) is 26.3 Å². The van der Waals surface area contributed by atoms with E-state index >= 15 is 0 Å². The highest BCUT2D eigenvalue weighted by Gasteiger charge is 2.22. The number of amides is 1. The number of thiophene rings is 1. The van der Waals surface area contributed by atoms with Crippen molar-refractivity contribution in [2.24, 2.45) is 0 Å². The number of carbonyl (C=O) groups excluding carboxylic acids is 1. The van der Waals surface area contributed by atoms with E-state index in [0.29, 0.717) is 27.1 Å². The van der Waals surface area contributed by atoms with Gasteiger partial charge in [0.2, 0.25) is 5.13 Å². The molecule has 4 aromatic rings. The lowest BCUT2D eigenvalue weighted by Crippen LogP contribution is -2.13. The standard InChI is InChI=1S/C23H22N3O8PS3/c1-13(2)33-16-10-14(11-17(12-16)34-15-4-6-18(7-5-15)38(3,31)32)21(27)24-23-26-25-22(37-23)19-8-9-20(36-19)35(28,29)30/h4-13H,1-3H3,(H,24,26,27)(H2,28,29,30). The minimum atomic E-state index is -4.37. The Labute approximate surface area is 226 Å². The van der Waals surface area contributed by atoms with Gasteiger partial charge in [-0.3, -0.25) is 14.7 Å². The zero-order valence-electron chi connectivity index (χ0n) is 20.2. The molecule has 1 amide bonds. The average Bonchev–Trinajstić information content (AvgIpc) is 3.48. The summed E-state index contributed by atoms with van der Waals surface area (Å²) in [6, 6.07) is 13.4. The third-order valence-electron chi connectivity index (χ3n) is 4.74. The van der Waals surface area contributed by atoms with Gasteiger partial charge in [-0.05, 0) is 62.4 Å². The van der Waals surface area contributed by atoms with Gasteiger partial charge < -0.3 is 19.3 Å². The van der Waals surface area contributed by atoms with Crippen molar-refractivity contribution in [1.29, 1.82) is 0 Å². The maximum atomic E-state index is 13.0. The molecule has 2 heterocycles. The Morgan fingerprint density at radius 2 is 1.66 bits per heavy atom. The van der Waals surface area contributed by atoms with Crippen molar-refractivity contribution in [3.8, 4) is 27.1 Å². The molecule has 15 heteroatoms. The maximum absolute atomic E-state index is 13.0. The molecule has 0 radical (unpaired) electrons. The Hall–Kier alpha value is -3.13. The Bertz CT molecular complexity index is 1630. The molecule has 2 aromatic carbocycles. The van der Waals surface area contributed by atoms with Crippen LogP contribution in [-0.2, 0) is 14.4 Å². The number of ether oxygens (including phenoxy) is 2. The second-order valence-corrected chi connectivity index (χ2v) is 14.2. The summed E-state index contributed by atoms with van der Waals surface area (Å²) in [6.45, 7) is 3.67. The molecule has 11 nitrogen and oxygen atoms in total. The Morgan fingerprint density at radius 3 is 2.26 bits per heavy atom. The molecule has 0 saturated heterocycles. The van der Waals surface area contributed by atoms with E-state index in [9.17, 15) is 27.6 Å². The molecular formula is C23H22N3O8PS3. The summed E-state index contributed by atoms with van der Waals surface area (Å²) in [6.07, 6.45) is 0.936. The van der Waals surface area contributed by atoms with Crippen LogP contribution in [0.4, 0.5) is 5.13 Å². The molecule has 0 aliphatic carbocycles. The lowest BCUT2D eigenvalue weighted by atomic mass is 10.2. The molecule has 4 rings (SSSR count). The number of carbonyl (C=O) groups is 1. The van der Waals surface area contributed by atoms with Crippen LogP contribution in [0.25, 0.3) is 9.88 Å². The van der Waals surface area contributed by atoms with Crippen LogP contribution in [0.5, 0.6) is 17.2 Å². The fourth-order valence-corrected chi connectivity index (χ4v) is 6.34. The molecule has 0 spiro atoms. The van der Waals surface area contributed by atoms with Crippen molar-refractivity contribution in [3.05, 3.63) is 60.2 Å². The van der Waals surface area contributed by atoms with Gasteiger partial charge in [0.05, 0.1) is 15.9 Å². The molecular weight excluding hydrogens is 573 g/mol. The van der Waals surface area contributed by atoms with E-state index in [1.807, 2.05) is 13.8 Å². The number of nitrogens with zero attached hydrogens (tertiary/aromatic N) is 2. The predicted molar refractivity (Wildman–Crippen MR) is 145 cm³/mol. The van der Waals surface area contributed by atoms with Crippen molar-refractivity contribution in [1.82, 2.24) is 10.2 Å². The molecule has 0 bridgehead atoms. The second-order valence-electron chi connectivity index (χ2n) is 8.25. The number of benzene rings is 2. The number of aromatic nitrogens is 2. The lowest BCUT2D eigenvalue weighted by molar-refractivity contribution is 0.102. The summed E-state index contributed by atoms with van der Waals surface area (Å²) in [7, 11) is -7.73. The van der Waals surface area contributed by atoms with Crippen molar-refractivity contribution in [2.75, 3.05) is 11.6 Å². The number of rotatable bonds is 9. The highest BCUT2D eigenvalue weighted by Crippen LogP contribution is 2.39. The van der Waals surface area contributed by atoms with E-state index in [2.05, 4.69) is 15.5 Å². The zero-order chi connectivity index (χ0) is 27.7. The van der Waals surface area contributed by atoms with Gasteiger partial charge in [-0.25, -0.2) is 8.42 Å². The van der Waals surface area contributed by atoms with E-state index in [1.165, 1.54) is 42.5 Å². The normalized spacial score (nSPS) is 11.9. The summed E-state index contributed by atoms with van der Waals surface area (Å²) in [5.41, 5.74) is 0.211. The molecule has 0 aliphatic rings. The van der Waals surface area contributed by atoms with E-state index in [0.717, 1.165) is 28.9 Å². The Balaban J connectivity index is 1.55. The highest BCUT2D eigenvalue weighted by atomic mass is 32.2. The van der Waals surface area contributed by atoms with Crippen molar-refractivity contribution in [2.45, 2.75) is 24.8 Å². The monoisotopic (exact) mass is 595 g/mol. The summed E-state index contributed by atoms with van der Waals surface area (Å²) < 4.78 is 46.4. The van der Waals surface area contributed by atoms with Crippen LogP contribution in [0, 0.1) is 0 Å². The molecule has 38 heavy (non-hydrogen) atoms. The zero-order valence-corrected chi connectivity index (χ0v) is 23.5. The lowest BCUT2D eigenvalue weighted by Gasteiger charge is -2.14. The molecule has 0 aliphatic heterocycles. The highest BCUT2D eigenvalue weighted by molar-refractivity contribution is 7.90. The third-order valence-corrected chi connectivity index (χ3v) is 9.47. The van der Waals surface area contributed by atoms with E-state index < -0.39 is 23.3 Å². The van der Waals surface area contributed by atoms with Gasteiger partial charge in [0.25, 0.3) is 5.91 Å². The second kappa shape index (κ2) is 10.9. The molecule has 200 valence electrons. The summed E-state index contributed by atoms with van der Waals surface area (Å²) in [5.74, 6) is 0.532. The minimum Gasteiger partial charge on any atom is -0.491 e. The first-order valence-electron chi connectivity index (χ1n) is 10.9. The van der Waals surface area contributed by atoms with Crippen molar-refractivity contribution < 1.29 is 37.0 Å². The van der Waals surface area contributed by atoms with Gasteiger partial charge in [-0.2, -0.15) is 0 Å². The fraction of sp³-hybridized carbons (Fsp3) is 0.174. The maximum Gasteiger partial charge on any atom is 0.366 e. The van der Waals surface area contributed by atoms with Crippen molar-refractivity contribution in [3.63, 3.8) is 0 Å². The summed E-state index contributed by atoms with van der Waals surface area (Å²) in [4.78, 5) is 32.3. The Kier molecular flexibility index (Phi) is 8.02. The number of hydrogen-bond donors (Lipinski definition) is 3. The minimum absolute atomic E-state index is 0.0891. The van der Waals surface area contributed by atoms with Crippen LogP contribution < -0.4 is 19.4 Å². The fourth-order valence-electron chi connectivity index (χ4n) is 3.13. The van der Waals surface area contributed by atoms with Crippen LogP contribution in [0.1, 0.15) is 24.2 Å². The Morgan fingerprint density at radius 1 is 0.974 bits per heavy atom. The van der Waals surface area contributed by atoms with Crippen LogP contribution in [0.2, 0.25) is 0 Å². The molecule has 0 atom stereocenters. The predicted octanol–water partition coefficient (Wildman–Crippen LogP) is 4.30. The van der Waals surface area contributed by atoms with Gasteiger partial charge >= 0.3 is 7.60 Å². The third kappa shape index (κ3) is 7.04. The quantitative estimate of drug-likeness (QED) is 0.238. The number of anilines is 1. The average molecular weight is 596 g/mol. The molecule has 0 fully saturated rings. The number of nitrogens with one attached hydrogen (secondary N) is 1. The van der Waals surface area contributed by atoms with E-state index in [4.69, 9.17) is 9.47 Å². The molecule has 2 aromatic heterocycles. The summed E-state index contributed by atoms with van der Waals surface area (Å²) >= 11 is 1.95. The van der Waals surface area contributed by atoms with Gasteiger partial charge in [-0.1, -0.05) is 11.3 Å². The molecule has 0 saturated carbocycles. The number of hydrogen-bond acceptors (Lipinski definition) is 10. The van der Waals surface area contributed by atoms with Gasteiger partial charge in [-0.15, -0.1) is 21.5 Å². The van der Waals surface area contributed by atoms with Crippen LogP contribution in [0.3, 0.4) is 0 Å². The van der Waals surface area contributed by atoms with Crippen LogP contribution in [-0.4, -0.2) is 46.7 Å². The first kappa shape index (κ1) is 27.9. The largest absolute Gasteiger partial charge is 0.491 e. The van der Waals surface area contributed by atoms with Gasteiger partial charge in [0.15, 0.2) is 14.8 Å². The van der Waals surface area contributed by atoms with Crippen molar-refractivity contribution >= 4 is 55.8 Å². The van der Waals surface area contributed by atoms with Gasteiger partial charge in [0.1, 0.15) is 21.9 Å².